The molecular formula is C24H29N5O2. The van der Waals surface area contributed by atoms with Crippen LogP contribution in [0.4, 0.5) is 11.4 Å². The van der Waals surface area contributed by atoms with E-state index in [2.05, 4.69) is 33.9 Å². The van der Waals surface area contributed by atoms with Gasteiger partial charge in [-0.1, -0.05) is 12.1 Å². The van der Waals surface area contributed by atoms with E-state index in [0.717, 1.165) is 69.0 Å². The number of unbranched alkanes of at least 4 members (excludes halogenated alkanes) is 1. The van der Waals surface area contributed by atoms with E-state index >= 15 is 0 Å². The van der Waals surface area contributed by atoms with Crippen LogP contribution in [-0.2, 0) is 7.05 Å². The van der Waals surface area contributed by atoms with Crippen molar-refractivity contribution >= 4 is 22.5 Å². The van der Waals surface area contributed by atoms with E-state index in [4.69, 9.17) is 9.68 Å². The Hall–Kier alpha value is -3.24. The summed E-state index contributed by atoms with van der Waals surface area (Å²) in [7, 11) is 3.82. The molecule has 3 aromatic rings. The normalized spacial score (nSPS) is 14.7. The summed E-state index contributed by atoms with van der Waals surface area (Å²) in [5.41, 5.74) is 4.33. The number of rotatable bonds is 7. The van der Waals surface area contributed by atoms with Crippen molar-refractivity contribution in [2.45, 2.75) is 12.8 Å². The standard InChI is InChI=1S/C24H29N5O2/c1-26(20-8-5-7-19(17-20)18-25)11-3-4-12-28-13-15-29(16-14-28)22-10-6-9-21-23(22)31-24(30)27(21)2/h5-10,17H,3-4,11-16H2,1-2H3. The summed E-state index contributed by atoms with van der Waals surface area (Å²) < 4.78 is 7.05. The van der Waals surface area contributed by atoms with E-state index in [1.807, 2.05) is 36.4 Å². The highest BCUT2D eigenvalue weighted by molar-refractivity contribution is 5.87. The van der Waals surface area contributed by atoms with Crippen molar-refractivity contribution in [3.05, 3.63) is 58.6 Å². The Morgan fingerprint density at radius 3 is 2.65 bits per heavy atom. The number of aromatic nitrogens is 1. The SMILES string of the molecule is CN(CCCCN1CCN(c2cccc3c2oc(=O)n3C)CC1)c1cccc(C#N)c1. The number of benzene rings is 2. The molecule has 2 aromatic carbocycles. The zero-order valence-electron chi connectivity index (χ0n) is 18.3. The van der Waals surface area contributed by atoms with Crippen LogP contribution in [0.3, 0.4) is 0 Å². The monoisotopic (exact) mass is 419 g/mol. The summed E-state index contributed by atoms with van der Waals surface area (Å²) in [5, 5.41) is 9.06. The minimum atomic E-state index is -0.314. The minimum absolute atomic E-state index is 0.314. The van der Waals surface area contributed by atoms with Gasteiger partial charge in [-0.2, -0.15) is 5.26 Å². The number of para-hydroxylation sites is 1. The topological polar surface area (TPSA) is 68.7 Å². The molecule has 31 heavy (non-hydrogen) atoms. The molecule has 7 heteroatoms. The fraction of sp³-hybridized carbons (Fsp3) is 0.417. The molecule has 162 valence electrons. The number of hydrogen-bond acceptors (Lipinski definition) is 6. The van der Waals surface area contributed by atoms with Crippen LogP contribution >= 0.6 is 0 Å². The first kappa shape index (κ1) is 21.0. The van der Waals surface area contributed by atoms with Gasteiger partial charge >= 0.3 is 5.76 Å². The number of anilines is 2. The maximum Gasteiger partial charge on any atom is 0.419 e. The largest absolute Gasteiger partial charge is 0.419 e. The Kier molecular flexibility index (Phi) is 6.28. The third-order valence-corrected chi connectivity index (χ3v) is 6.14. The maximum atomic E-state index is 11.9. The summed E-state index contributed by atoms with van der Waals surface area (Å²) in [6, 6.07) is 15.9. The van der Waals surface area contributed by atoms with E-state index in [-0.39, 0.29) is 5.76 Å². The number of oxazole rings is 1. The quantitative estimate of drug-likeness (QED) is 0.549. The van der Waals surface area contributed by atoms with Gasteiger partial charge < -0.3 is 14.2 Å². The van der Waals surface area contributed by atoms with E-state index in [9.17, 15) is 4.79 Å². The van der Waals surface area contributed by atoms with Crippen molar-refractivity contribution in [1.82, 2.24) is 9.47 Å². The average molecular weight is 420 g/mol. The average Bonchev–Trinajstić information content (AvgIpc) is 3.10. The Labute approximate surface area is 182 Å². The van der Waals surface area contributed by atoms with Crippen LogP contribution in [0.2, 0.25) is 0 Å². The predicted octanol–water partition coefficient (Wildman–Crippen LogP) is 3.04. The summed E-state index contributed by atoms with van der Waals surface area (Å²) in [5.74, 6) is -0.314. The first-order valence-corrected chi connectivity index (χ1v) is 10.8. The Morgan fingerprint density at radius 1 is 1.10 bits per heavy atom. The van der Waals surface area contributed by atoms with E-state index in [1.54, 1.807) is 11.6 Å². The van der Waals surface area contributed by atoms with Gasteiger partial charge in [0, 0.05) is 52.5 Å². The molecule has 1 fully saturated rings. The van der Waals surface area contributed by atoms with Gasteiger partial charge in [0.25, 0.3) is 0 Å². The molecule has 0 atom stereocenters. The van der Waals surface area contributed by atoms with Crippen molar-refractivity contribution in [1.29, 1.82) is 5.26 Å². The van der Waals surface area contributed by atoms with Crippen LogP contribution in [0, 0.1) is 11.3 Å². The zero-order chi connectivity index (χ0) is 21.8. The highest BCUT2D eigenvalue weighted by Crippen LogP contribution is 2.26. The van der Waals surface area contributed by atoms with Crippen molar-refractivity contribution in [3.63, 3.8) is 0 Å². The number of hydrogen-bond donors (Lipinski definition) is 0. The van der Waals surface area contributed by atoms with Gasteiger partial charge in [0.05, 0.1) is 22.8 Å². The van der Waals surface area contributed by atoms with Gasteiger partial charge in [0.1, 0.15) is 0 Å². The number of nitriles is 1. The van der Waals surface area contributed by atoms with Gasteiger partial charge in [-0.05, 0) is 49.7 Å². The van der Waals surface area contributed by atoms with Crippen molar-refractivity contribution in [2.24, 2.45) is 7.05 Å². The number of piperazine rings is 1. The van der Waals surface area contributed by atoms with Crippen LogP contribution in [0.1, 0.15) is 18.4 Å². The second kappa shape index (κ2) is 9.27. The Balaban J connectivity index is 1.24. The first-order chi connectivity index (χ1) is 15.1. The summed E-state index contributed by atoms with van der Waals surface area (Å²) in [6.45, 7) is 5.94. The summed E-state index contributed by atoms with van der Waals surface area (Å²) in [6.07, 6.45) is 2.26. The van der Waals surface area contributed by atoms with Crippen LogP contribution in [0.5, 0.6) is 0 Å². The maximum absolute atomic E-state index is 11.9. The lowest BCUT2D eigenvalue weighted by Gasteiger charge is -2.36. The van der Waals surface area contributed by atoms with Crippen LogP contribution in [0.15, 0.2) is 51.7 Å². The van der Waals surface area contributed by atoms with Crippen LogP contribution in [-0.4, -0.2) is 55.8 Å². The molecule has 0 bridgehead atoms. The first-order valence-electron chi connectivity index (χ1n) is 10.8. The van der Waals surface area contributed by atoms with Crippen molar-refractivity contribution in [2.75, 3.05) is 56.1 Å². The molecule has 1 aliphatic rings. The van der Waals surface area contributed by atoms with Crippen molar-refractivity contribution in [3.8, 4) is 6.07 Å². The third kappa shape index (κ3) is 4.59. The van der Waals surface area contributed by atoms with Crippen LogP contribution in [0.25, 0.3) is 11.1 Å². The predicted molar refractivity (Wildman–Crippen MR) is 124 cm³/mol. The molecule has 1 saturated heterocycles. The second-order valence-electron chi connectivity index (χ2n) is 8.17. The summed E-state index contributed by atoms with van der Waals surface area (Å²) >= 11 is 0. The molecule has 0 N–H and O–H groups in total. The van der Waals surface area contributed by atoms with E-state index < -0.39 is 0 Å². The number of aryl methyl sites for hydroxylation is 1. The molecule has 0 spiro atoms. The lowest BCUT2D eigenvalue weighted by Crippen LogP contribution is -2.46. The Morgan fingerprint density at radius 2 is 1.87 bits per heavy atom. The van der Waals surface area contributed by atoms with Crippen molar-refractivity contribution < 1.29 is 4.42 Å². The molecule has 0 saturated carbocycles. The molecule has 0 radical (unpaired) electrons. The highest BCUT2D eigenvalue weighted by Gasteiger charge is 2.20. The molecule has 0 aliphatic carbocycles. The Bertz CT molecular complexity index is 1130. The van der Waals surface area contributed by atoms with Gasteiger partial charge in [-0.25, -0.2) is 4.79 Å². The van der Waals surface area contributed by atoms with Gasteiger partial charge in [-0.15, -0.1) is 0 Å². The molecule has 4 rings (SSSR count). The molecular weight excluding hydrogens is 390 g/mol. The molecule has 7 nitrogen and oxygen atoms in total. The summed E-state index contributed by atoms with van der Waals surface area (Å²) in [4.78, 5) is 18.9. The fourth-order valence-electron chi connectivity index (χ4n) is 4.22. The minimum Gasteiger partial charge on any atom is -0.405 e. The smallest absolute Gasteiger partial charge is 0.405 e. The molecule has 2 heterocycles. The second-order valence-corrected chi connectivity index (χ2v) is 8.17. The third-order valence-electron chi connectivity index (χ3n) is 6.14. The van der Waals surface area contributed by atoms with E-state index in [1.165, 1.54) is 0 Å². The molecule has 1 aliphatic heterocycles. The lowest BCUT2D eigenvalue weighted by molar-refractivity contribution is 0.253. The molecule has 1 aromatic heterocycles. The van der Waals surface area contributed by atoms with Gasteiger partial charge in [0.2, 0.25) is 0 Å². The fourth-order valence-corrected chi connectivity index (χ4v) is 4.22. The molecule has 0 amide bonds. The lowest BCUT2D eigenvalue weighted by atomic mass is 10.2. The van der Waals surface area contributed by atoms with E-state index in [0.29, 0.717) is 11.1 Å². The number of fused-ring (bicyclic) bond motifs is 1. The number of nitrogens with zero attached hydrogens (tertiary/aromatic N) is 5. The van der Waals surface area contributed by atoms with Gasteiger partial charge in [-0.3, -0.25) is 9.47 Å². The zero-order valence-corrected chi connectivity index (χ0v) is 18.3. The van der Waals surface area contributed by atoms with Gasteiger partial charge in [0.15, 0.2) is 5.58 Å². The van der Waals surface area contributed by atoms with Crippen LogP contribution < -0.4 is 15.6 Å². The molecule has 0 unspecified atom stereocenters. The highest BCUT2D eigenvalue weighted by atomic mass is 16.4.